The Bertz CT molecular complexity index is 1500. The van der Waals surface area contributed by atoms with Gasteiger partial charge in [-0.1, -0.05) is 35.6 Å². The fourth-order valence-corrected chi connectivity index (χ4v) is 5.09. The minimum Gasteiger partial charge on any atom is -0.504 e. The number of benzene rings is 2. The van der Waals surface area contributed by atoms with E-state index >= 15 is 0 Å². The molecule has 1 aromatic heterocycles. The van der Waals surface area contributed by atoms with Crippen molar-refractivity contribution in [1.29, 1.82) is 0 Å². The molecule has 4 rings (SSSR count). The topological polar surface area (TPSA) is 99.4 Å². The van der Waals surface area contributed by atoms with Crippen LogP contribution in [0.5, 0.6) is 17.2 Å². The van der Waals surface area contributed by atoms with Gasteiger partial charge in [-0.3, -0.25) is 9.36 Å². The minimum absolute atomic E-state index is 0.0636. The van der Waals surface area contributed by atoms with Gasteiger partial charge < -0.3 is 19.3 Å². The summed E-state index contributed by atoms with van der Waals surface area (Å²) in [6.45, 7) is 7.71. The van der Waals surface area contributed by atoms with Gasteiger partial charge >= 0.3 is 5.97 Å². The van der Waals surface area contributed by atoms with Gasteiger partial charge in [0.15, 0.2) is 16.3 Å². The molecule has 1 N–H and O–H groups in total. The summed E-state index contributed by atoms with van der Waals surface area (Å²) in [4.78, 5) is 31.9. The number of aromatic nitrogens is 1. The summed E-state index contributed by atoms with van der Waals surface area (Å²) in [6.07, 6.45) is 1.27. The lowest BCUT2D eigenvalue weighted by atomic mass is 9.96. The Balaban J connectivity index is 1.92. The van der Waals surface area contributed by atoms with Crippen LogP contribution in [0.25, 0.3) is 6.08 Å². The number of ether oxygens (including phenoxy) is 3. The van der Waals surface area contributed by atoms with Crippen LogP contribution < -0.4 is 24.4 Å². The average molecular weight is 509 g/mol. The third kappa shape index (κ3) is 4.79. The molecule has 9 heteroatoms. The maximum atomic E-state index is 13.7. The van der Waals surface area contributed by atoms with Crippen molar-refractivity contribution in [3.8, 4) is 17.2 Å². The number of allylic oxidation sites excluding steroid dienone is 1. The Morgan fingerprint density at radius 2 is 1.94 bits per heavy atom. The number of hydrogen-bond donors (Lipinski definition) is 1. The van der Waals surface area contributed by atoms with Crippen molar-refractivity contribution >= 4 is 23.4 Å². The highest BCUT2D eigenvalue weighted by Crippen LogP contribution is 2.32. The SMILES string of the molecule is CCOc1ccc([C@H]2C(C(=O)OC(C)C)=C(C)N=c3s/c(=C/c4cccc(OC)c4O)c(=O)n32)cc1. The van der Waals surface area contributed by atoms with Crippen LogP contribution in [0, 0.1) is 0 Å². The molecule has 3 aromatic rings. The summed E-state index contributed by atoms with van der Waals surface area (Å²) in [5, 5.41) is 10.5. The summed E-state index contributed by atoms with van der Waals surface area (Å²) < 4.78 is 18.1. The molecule has 188 valence electrons. The largest absolute Gasteiger partial charge is 0.504 e. The molecule has 0 saturated heterocycles. The molecule has 0 radical (unpaired) electrons. The van der Waals surface area contributed by atoms with Crippen molar-refractivity contribution in [2.24, 2.45) is 4.99 Å². The van der Waals surface area contributed by atoms with Crippen molar-refractivity contribution in [3.63, 3.8) is 0 Å². The fraction of sp³-hybridized carbons (Fsp3) is 0.296. The first kappa shape index (κ1) is 25.2. The van der Waals surface area contributed by atoms with Gasteiger partial charge in [-0.2, -0.15) is 0 Å². The van der Waals surface area contributed by atoms with E-state index in [4.69, 9.17) is 14.2 Å². The molecule has 2 heterocycles. The highest BCUT2D eigenvalue weighted by molar-refractivity contribution is 7.07. The number of fused-ring (bicyclic) bond motifs is 1. The second kappa shape index (κ2) is 10.4. The van der Waals surface area contributed by atoms with E-state index in [0.717, 1.165) is 5.56 Å². The molecule has 1 atom stereocenters. The average Bonchev–Trinajstić information content (AvgIpc) is 3.14. The number of nitrogens with zero attached hydrogens (tertiary/aromatic N) is 2. The lowest BCUT2D eigenvalue weighted by Gasteiger charge is -2.25. The van der Waals surface area contributed by atoms with Crippen LogP contribution in [0.3, 0.4) is 0 Å². The molecule has 0 unspecified atom stereocenters. The number of phenols is 1. The smallest absolute Gasteiger partial charge is 0.338 e. The molecule has 8 nitrogen and oxygen atoms in total. The number of hydrogen-bond acceptors (Lipinski definition) is 8. The number of aromatic hydroxyl groups is 1. The van der Waals surface area contributed by atoms with E-state index in [1.165, 1.54) is 23.0 Å². The maximum absolute atomic E-state index is 13.7. The normalized spacial score (nSPS) is 15.5. The quantitative estimate of drug-likeness (QED) is 0.492. The molecular weight excluding hydrogens is 480 g/mol. The second-order valence-corrected chi connectivity index (χ2v) is 9.45. The highest BCUT2D eigenvalue weighted by atomic mass is 32.1. The van der Waals surface area contributed by atoms with Crippen molar-refractivity contribution in [2.45, 2.75) is 39.8 Å². The second-order valence-electron chi connectivity index (χ2n) is 8.44. The number of carbonyl (C=O) groups excluding carboxylic acids is 1. The van der Waals surface area contributed by atoms with Gasteiger partial charge in [-0.05, 0) is 57.5 Å². The van der Waals surface area contributed by atoms with E-state index < -0.39 is 12.0 Å². The number of rotatable bonds is 7. The molecule has 0 spiro atoms. The third-order valence-electron chi connectivity index (χ3n) is 5.63. The zero-order valence-corrected chi connectivity index (χ0v) is 21.6. The van der Waals surface area contributed by atoms with E-state index in [1.807, 2.05) is 31.2 Å². The maximum Gasteiger partial charge on any atom is 0.338 e. The molecule has 0 bridgehead atoms. The zero-order valence-electron chi connectivity index (χ0n) is 20.8. The van der Waals surface area contributed by atoms with Gasteiger partial charge in [0.2, 0.25) is 0 Å². The third-order valence-corrected chi connectivity index (χ3v) is 6.61. The van der Waals surface area contributed by atoms with Crippen molar-refractivity contribution in [1.82, 2.24) is 4.57 Å². The Kier molecular flexibility index (Phi) is 7.30. The zero-order chi connectivity index (χ0) is 26.0. The number of esters is 1. The Morgan fingerprint density at radius 1 is 1.22 bits per heavy atom. The van der Waals surface area contributed by atoms with Crippen molar-refractivity contribution in [2.75, 3.05) is 13.7 Å². The van der Waals surface area contributed by atoms with Crippen molar-refractivity contribution in [3.05, 3.63) is 84.5 Å². The van der Waals surface area contributed by atoms with Gasteiger partial charge in [-0.15, -0.1) is 0 Å². The van der Waals surface area contributed by atoms with Crippen LogP contribution in [0.15, 0.2) is 63.5 Å². The molecule has 0 fully saturated rings. The Labute approximate surface area is 212 Å². The van der Waals surface area contributed by atoms with Crippen LogP contribution in [0.4, 0.5) is 0 Å². The van der Waals surface area contributed by atoms with Crippen LogP contribution >= 0.6 is 11.3 Å². The van der Waals surface area contributed by atoms with Crippen LogP contribution in [0.2, 0.25) is 0 Å². The van der Waals surface area contributed by atoms with Gasteiger partial charge in [0, 0.05) is 5.56 Å². The summed E-state index contributed by atoms with van der Waals surface area (Å²) in [5.41, 5.74) is 1.61. The first-order valence-corrected chi connectivity index (χ1v) is 12.4. The van der Waals surface area contributed by atoms with Gasteiger partial charge in [0.25, 0.3) is 5.56 Å². The molecule has 36 heavy (non-hydrogen) atoms. The van der Waals surface area contributed by atoms with E-state index in [0.29, 0.717) is 44.3 Å². The molecular formula is C27H28N2O6S. The standard InChI is InChI=1S/C27H28N2O6S/c1-6-34-19-12-10-17(11-13-19)23-22(26(32)35-15(2)3)16(4)28-27-29(23)25(31)21(36-27)14-18-8-7-9-20(33-5)24(18)30/h7-15,23,30H,6H2,1-5H3/b21-14+/t23-/m0/s1. The number of thiazole rings is 1. The summed E-state index contributed by atoms with van der Waals surface area (Å²) in [6, 6.07) is 11.6. The van der Waals surface area contributed by atoms with Crippen molar-refractivity contribution < 1.29 is 24.1 Å². The molecule has 0 amide bonds. The van der Waals surface area contributed by atoms with Crippen LogP contribution in [-0.4, -0.2) is 35.5 Å². The highest BCUT2D eigenvalue weighted by Gasteiger charge is 2.33. The number of phenolic OH excluding ortho intramolecular Hbond substituents is 1. The van der Waals surface area contributed by atoms with Crippen LogP contribution in [-0.2, 0) is 9.53 Å². The Hall–Kier alpha value is -3.85. The molecule has 1 aliphatic rings. The predicted molar refractivity (Wildman–Crippen MR) is 137 cm³/mol. The first-order chi connectivity index (χ1) is 17.2. The predicted octanol–water partition coefficient (Wildman–Crippen LogP) is 3.30. The summed E-state index contributed by atoms with van der Waals surface area (Å²) >= 11 is 1.19. The molecule has 0 saturated carbocycles. The van der Waals surface area contributed by atoms with E-state index in [1.54, 1.807) is 45.0 Å². The summed E-state index contributed by atoms with van der Waals surface area (Å²) in [5.74, 6) is 0.406. The van der Waals surface area contributed by atoms with E-state index in [2.05, 4.69) is 4.99 Å². The first-order valence-electron chi connectivity index (χ1n) is 11.6. The summed E-state index contributed by atoms with van der Waals surface area (Å²) in [7, 11) is 1.46. The van der Waals surface area contributed by atoms with E-state index in [9.17, 15) is 14.7 Å². The van der Waals surface area contributed by atoms with Crippen LogP contribution in [0.1, 0.15) is 44.9 Å². The molecule has 0 aliphatic carbocycles. The molecule has 1 aliphatic heterocycles. The lowest BCUT2D eigenvalue weighted by Crippen LogP contribution is -2.40. The van der Waals surface area contributed by atoms with Gasteiger partial charge in [-0.25, -0.2) is 9.79 Å². The minimum atomic E-state index is -0.732. The van der Waals surface area contributed by atoms with Gasteiger partial charge in [0.05, 0.1) is 41.7 Å². The number of methoxy groups -OCH3 is 1. The lowest BCUT2D eigenvalue weighted by molar-refractivity contribution is -0.143. The fourth-order valence-electron chi connectivity index (χ4n) is 4.05. The Morgan fingerprint density at radius 3 is 2.58 bits per heavy atom. The van der Waals surface area contributed by atoms with E-state index in [-0.39, 0.29) is 17.4 Å². The van der Waals surface area contributed by atoms with Gasteiger partial charge in [0.1, 0.15) is 5.75 Å². The number of carbonyl (C=O) groups is 1. The number of para-hydroxylation sites is 1. The monoisotopic (exact) mass is 508 g/mol. The molecule has 2 aromatic carbocycles.